The molecule has 2 N–H and O–H groups in total. The van der Waals surface area contributed by atoms with Crippen LogP contribution in [0.2, 0.25) is 0 Å². The van der Waals surface area contributed by atoms with Gasteiger partial charge >= 0.3 is 0 Å². The number of likely N-dealkylation sites (tertiary alicyclic amines) is 1. The third kappa shape index (κ3) is 4.72. The average Bonchev–Trinajstić information content (AvgIpc) is 3.46. The van der Waals surface area contributed by atoms with Crippen molar-refractivity contribution < 1.29 is 9.13 Å². The van der Waals surface area contributed by atoms with E-state index in [4.69, 9.17) is 4.74 Å². The standard InChI is InChI=1S/C22H28FN9O/c1-13-6-15(7-14(2)32(13)17-4-5-17)26-21-20(23)11-24-22(28-21)27-16-8-18(10-19(9-16)33-3)31-12-25-29-30-31/h8-15,17H,4-7H2,1-3H3,(H2,24,26,27,28). The van der Waals surface area contributed by atoms with Crippen LogP contribution >= 0.6 is 0 Å². The fourth-order valence-corrected chi connectivity index (χ4v) is 4.84. The van der Waals surface area contributed by atoms with Gasteiger partial charge in [0, 0.05) is 42.0 Å². The number of halogens is 1. The zero-order chi connectivity index (χ0) is 22.9. The lowest BCUT2D eigenvalue weighted by molar-refractivity contribution is 0.0877. The minimum atomic E-state index is -0.467. The van der Waals surface area contributed by atoms with E-state index in [2.05, 4.69) is 54.9 Å². The number of anilines is 3. The fraction of sp³-hybridized carbons (Fsp3) is 0.500. The van der Waals surface area contributed by atoms with Gasteiger partial charge in [-0.2, -0.15) is 4.98 Å². The van der Waals surface area contributed by atoms with E-state index in [1.54, 1.807) is 19.2 Å². The Hall–Kier alpha value is -3.34. The summed E-state index contributed by atoms with van der Waals surface area (Å²) in [5.74, 6) is 0.633. The number of hydrogen-bond acceptors (Lipinski definition) is 9. The zero-order valence-electron chi connectivity index (χ0n) is 18.9. The summed E-state index contributed by atoms with van der Waals surface area (Å²) in [6.07, 6.45) is 7.18. The van der Waals surface area contributed by atoms with Crippen molar-refractivity contribution in [3.63, 3.8) is 0 Å². The van der Waals surface area contributed by atoms with Crippen LogP contribution in [0.5, 0.6) is 5.75 Å². The lowest BCUT2D eigenvalue weighted by Gasteiger charge is -2.43. The van der Waals surface area contributed by atoms with Crippen molar-refractivity contribution in [2.45, 2.75) is 63.7 Å². The Morgan fingerprint density at radius 1 is 1.12 bits per heavy atom. The van der Waals surface area contributed by atoms with Crippen molar-refractivity contribution in [2.75, 3.05) is 17.7 Å². The molecule has 0 amide bonds. The number of aromatic nitrogens is 6. The predicted octanol–water partition coefficient (Wildman–Crippen LogP) is 3.16. The molecular formula is C22H28FN9O. The van der Waals surface area contributed by atoms with Gasteiger partial charge in [-0.15, -0.1) is 5.10 Å². The largest absolute Gasteiger partial charge is 0.497 e. The fourth-order valence-electron chi connectivity index (χ4n) is 4.84. The molecule has 2 fully saturated rings. The molecule has 2 aliphatic rings. The second kappa shape index (κ2) is 8.89. The predicted molar refractivity (Wildman–Crippen MR) is 121 cm³/mol. The summed E-state index contributed by atoms with van der Waals surface area (Å²) in [7, 11) is 1.58. The first-order valence-corrected chi connectivity index (χ1v) is 11.3. The third-order valence-corrected chi connectivity index (χ3v) is 6.32. The second-order valence-corrected chi connectivity index (χ2v) is 8.88. The van der Waals surface area contributed by atoms with E-state index in [1.807, 2.05) is 6.07 Å². The van der Waals surface area contributed by atoms with Crippen LogP contribution in [-0.4, -0.2) is 66.4 Å². The monoisotopic (exact) mass is 453 g/mol. The number of piperidine rings is 1. The average molecular weight is 454 g/mol. The number of tetrazole rings is 1. The number of hydrogen-bond donors (Lipinski definition) is 2. The molecule has 0 bridgehead atoms. The zero-order valence-corrected chi connectivity index (χ0v) is 18.9. The molecule has 1 saturated carbocycles. The van der Waals surface area contributed by atoms with E-state index in [-0.39, 0.29) is 17.8 Å². The first-order chi connectivity index (χ1) is 16.0. The molecule has 174 valence electrons. The maximum Gasteiger partial charge on any atom is 0.229 e. The summed E-state index contributed by atoms with van der Waals surface area (Å²) in [4.78, 5) is 11.1. The topological polar surface area (TPSA) is 106 Å². The molecule has 0 spiro atoms. The minimum absolute atomic E-state index is 0.158. The van der Waals surface area contributed by atoms with E-state index in [0.29, 0.717) is 29.2 Å². The van der Waals surface area contributed by atoms with Gasteiger partial charge in [-0.3, -0.25) is 4.90 Å². The molecule has 3 aromatic rings. The molecule has 2 atom stereocenters. The van der Waals surface area contributed by atoms with E-state index < -0.39 is 5.82 Å². The van der Waals surface area contributed by atoms with Gasteiger partial charge in [0.05, 0.1) is 19.0 Å². The van der Waals surface area contributed by atoms with Crippen LogP contribution in [0, 0.1) is 5.82 Å². The Balaban J connectivity index is 1.33. The first-order valence-electron chi connectivity index (χ1n) is 11.3. The van der Waals surface area contributed by atoms with Crippen LogP contribution in [0.15, 0.2) is 30.7 Å². The number of benzene rings is 1. The molecule has 1 aliphatic carbocycles. The quantitative estimate of drug-likeness (QED) is 0.558. The van der Waals surface area contributed by atoms with E-state index in [1.165, 1.54) is 30.0 Å². The van der Waals surface area contributed by atoms with Crippen LogP contribution in [0.4, 0.5) is 21.8 Å². The van der Waals surface area contributed by atoms with Gasteiger partial charge < -0.3 is 15.4 Å². The summed E-state index contributed by atoms with van der Waals surface area (Å²) in [5, 5.41) is 17.7. The Bertz CT molecular complexity index is 1090. The molecular weight excluding hydrogens is 425 g/mol. The lowest BCUT2D eigenvalue weighted by Crippen LogP contribution is -2.51. The van der Waals surface area contributed by atoms with Crippen molar-refractivity contribution in [3.8, 4) is 11.4 Å². The molecule has 2 unspecified atom stereocenters. The van der Waals surface area contributed by atoms with Crippen LogP contribution in [0.3, 0.4) is 0 Å². The Morgan fingerprint density at radius 2 is 1.91 bits per heavy atom. The number of nitrogens with zero attached hydrogens (tertiary/aromatic N) is 7. The molecule has 0 radical (unpaired) electrons. The normalized spacial score (nSPS) is 23.3. The van der Waals surface area contributed by atoms with Crippen molar-refractivity contribution >= 4 is 17.5 Å². The summed E-state index contributed by atoms with van der Waals surface area (Å²) in [6.45, 7) is 4.52. The molecule has 5 rings (SSSR count). The number of methoxy groups -OCH3 is 1. The van der Waals surface area contributed by atoms with Crippen LogP contribution in [0.25, 0.3) is 5.69 Å². The molecule has 3 heterocycles. The smallest absolute Gasteiger partial charge is 0.229 e. The van der Waals surface area contributed by atoms with Crippen LogP contribution < -0.4 is 15.4 Å². The van der Waals surface area contributed by atoms with Gasteiger partial charge in [-0.1, -0.05) is 0 Å². The van der Waals surface area contributed by atoms with Gasteiger partial charge in [0.25, 0.3) is 0 Å². The molecule has 10 nitrogen and oxygen atoms in total. The van der Waals surface area contributed by atoms with Gasteiger partial charge in [-0.05, 0) is 56.0 Å². The van der Waals surface area contributed by atoms with Crippen LogP contribution in [-0.2, 0) is 0 Å². The highest BCUT2D eigenvalue weighted by Crippen LogP contribution is 2.36. The van der Waals surface area contributed by atoms with Gasteiger partial charge in [0.15, 0.2) is 11.6 Å². The maximum absolute atomic E-state index is 14.6. The highest BCUT2D eigenvalue weighted by molar-refractivity contribution is 5.61. The number of nitrogens with one attached hydrogen (secondary N) is 2. The maximum atomic E-state index is 14.6. The minimum Gasteiger partial charge on any atom is -0.497 e. The molecule has 1 saturated heterocycles. The van der Waals surface area contributed by atoms with Gasteiger partial charge in [0.2, 0.25) is 5.95 Å². The highest BCUT2D eigenvalue weighted by atomic mass is 19.1. The van der Waals surface area contributed by atoms with Crippen molar-refractivity contribution in [3.05, 3.63) is 36.5 Å². The van der Waals surface area contributed by atoms with Crippen molar-refractivity contribution in [2.24, 2.45) is 0 Å². The van der Waals surface area contributed by atoms with Crippen LogP contribution in [0.1, 0.15) is 39.5 Å². The SMILES string of the molecule is COc1cc(Nc2ncc(F)c(NC3CC(C)N(C4CC4)C(C)C3)n2)cc(-n2cnnn2)c1. The van der Waals surface area contributed by atoms with Crippen molar-refractivity contribution in [1.82, 2.24) is 35.1 Å². The third-order valence-electron chi connectivity index (χ3n) is 6.32. The Labute approximate surface area is 191 Å². The number of ether oxygens (including phenoxy) is 1. The molecule has 2 aromatic heterocycles. The second-order valence-electron chi connectivity index (χ2n) is 8.88. The van der Waals surface area contributed by atoms with E-state index in [9.17, 15) is 4.39 Å². The van der Waals surface area contributed by atoms with E-state index in [0.717, 1.165) is 18.9 Å². The summed E-state index contributed by atoms with van der Waals surface area (Å²) in [5.41, 5.74) is 1.37. The molecule has 1 aromatic carbocycles. The molecule has 33 heavy (non-hydrogen) atoms. The lowest BCUT2D eigenvalue weighted by atomic mass is 9.92. The highest BCUT2D eigenvalue weighted by Gasteiger charge is 2.40. The van der Waals surface area contributed by atoms with E-state index >= 15 is 0 Å². The first kappa shape index (κ1) is 21.5. The summed E-state index contributed by atoms with van der Waals surface area (Å²) >= 11 is 0. The van der Waals surface area contributed by atoms with Crippen molar-refractivity contribution in [1.29, 1.82) is 0 Å². The molecule has 1 aliphatic heterocycles. The molecule has 11 heteroatoms. The summed E-state index contributed by atoms with van der Waals surface area (Å²) in [6, 6.07) is 7.23. The van der Waals surface area contributed by atoms with Gasteiger partial charge in [-0.25, -0.2) is 14.1 Å². The summed E-state index contributed by atoms with van der Waals surface area (Å²) < 4.78 is 21.5. The number of rotatable bonds is 7. The Kier molecular flexibility index (Phi) is 5.79. The Morgan fingerprint density at radius 3 is 2.58 bits per heavy atom. The van der Waals surface area contributed by atoms with Gasteiger partial charge in [0.1, 0.15) is 12.1 Å².